The molecule has 1 fully saturated rings. The molecular weight excluding hydrogens is 226 g/mol. The zero-order chi connectivity index (χ0) is 12.4. The average molecular weight is 239 g/mol. The number of carbonyl (C=O) groups is 1. The van der Waals surface area contributed by atoms with Crippen molar-refractivity contribution in [3.8, 4) is 0 Å². The van der Waals surface area contributed by atoms with Gasteiger partial charge < -0.3 is 10.0 Å². The molecule has 0 spiro atoms. The highest BCUT2D eigenvalue weighted by molar-refractivity contribution is 5.76. The summed E-state index contributed by atoms with van der Waals surface area (Å²) >= 11 is 0. The van der Waals surface area contributed by atoms with Gasteiger partial charge in [0.2, 0.25) is 5.91 Å². The number of aliphatic hydroxyl groups excluding tert-OH is 1. The Balaban J connectivity index is 2.08. The number of amides is 1. The van der Waals surface area contributed by atoms with Crippen LogP contribution in [-0.4, -0.2) is 44.7 Å². The van der Waals surface area contributed by atoms with Crippen molar-refractivity contribution < 1.29 is 9.90 Å². The van der Waals surface area contributed by atoms with Crippen molar-refractivity contribution in [1.29, 1.82) is 0 Å². The molecule has 0 unspecified atom stereocenters. The van der Waals surface area contributed by atoms with Gasteiger partial charge in [-0.3, -0.25) is 19.1 Å². The number of aliphatic hydroxyl groups is 1. The Bertz CT molecular complexity index is 533. The van der Waals surface area contributed by atoms with Crippen molar-refractivity contribution in [2.45, 2.75) is 19.1 Å². The summed E-state index contributed by atoms with van der Waals surface area (Å²) in [6.07, 6.45) is 1.36. The number of nitrogens with one attached hydrogen (secondary N) is 1. The van der Waals surface area contributed by atoms with E-state index in [-0.39, 0.29) is 12.5 Å². The molecule has 7 heteroatoms. The molecule has 0 radical (unpaired) electrons. The van der Waals surface area contributed by atoms with Crippen LogP contribution in [-0.2, 0) is 11.3 Å². The van der Waals surface area contributed by atoms with Crippen LogP contribution in [0.1, 0.15) is 6.42 Å². The molecule has 0 saturated carbocycles. The van der Waals surface area contributed by atoms with Gasteiger partial charge in [0.1, 0.15) is 6.54 Å². The number of hydrogen-bond donors (Lipinski definition) is 2. The fourth-order valence-corrected chi connectivity index (χ4v) is 1.78. The zero-order valence-corrected chi connectivity index (χ0v) is 9.13. The summed E-state index contributed by atoms with van der Waals surface area (Å²) in [7, 11) is 0. The second-order valence-corrected chi connectivity index (χ2v) is 4.02. The molecule has 92 valence electrons. The zero-order valence-electron chi connectivity index (χ0n) is 9.13. The fourth-order valence-electron chi connectivity index (χ4n) is 1.78. The van der Waals surface area contributed by atoms with Crippen LogP contribution in [0.4, 0.5) is 0 Å². The molecule has 1 atom stereocenters. The first-order chi connectivity index (χ1) is 8.06. The Morgan fingerprint density at radius 1 is 1.53 bits per heavy atom. The summed E-state index contributed by atoms with van der Waals surface area (Å²) in [5.74, 6) is -0.240. The number of rotatable bonds is 2. The fraction of sp³-hybridized carbons (Fsp3) is 0.500. The van der Waals surface area contributed by atoms with Gasteiger partial charge in [0.25, 0.3) is 5.56 Å². The monoisotopic (exact) mass is 239 g/mol. The Morgan fingerprint density at radius 3 is 2.88 bits per heavy atom. The number of nitrogens with zero attached hydrogens (tertiary/aromatic N) is 2. The summed E-state index contributed by atoms with van der Waals surface area (Å²) < 4.78 is 1.13. The summed E-state index contributed by atoms with van der Waals surface area (Å²) in [5.41, 5.74) is -1.10. The lowest BCUT2D eigenvalue weighted by Gasteiger charge is -2.15. The highest BCUT2D eigenvalue weighted by Crippen LogP contribution is 2.08. The van der Waals surface area contributed by atoms with Gasteiger partial charge in [0, 0.05) is 25.4 Å². The van der Waals surface area contributed by atoms with Gasteiger partial charge in [0.05, 0.1) is 6.10 Å². The van der Waals surface area contributed by atoms with Crippen molar-refractivity contribution in [2.75, 3.05) is 13.1 Å². The molecule has 1 aliphatic rings. The van der Waals surface area contributed by atoms with E-state index in [9.17, 15) is 19.5 Å². The van der Waals surface area contributed by atoms with Gasteiger partial charge in [-0.1, -0.05) is 0 Å². The molecule has 0 aliphatic carbocycles. The first-order valence-electron chi connectivity index (χ1n) is 5.32. The smallest absolute Gasteiger partial charge is 0.328 e. The predicted octanol–water partition coefficient (Wildman–Crippen LogP) is -1.87. The number of hydrogen-bond acceptors (Lipinski definition) is 4. The topological polar surface area (TPSA) is 95.4 Å². The maximum atomic E-state index is 11.8. The van der Waals surface area contributed by atoms with Crippen LogP contribution in [0.25, 0.3) is 0 Å². The number of likely N-dealkylation sites (tertiary alicyclic amines) is 1. The van der Waals surface area contributed by atoms with Crippen LogP contribution in [0.15, 0.2) is 21.9 Å². The molecule has 2 rings (SSSR count). The van der Waals surface area contributed by atoms with Crippen LogP contribution in [0, 0.1) is 0 Å². The molecule has 1 aliphatic heterocycles. The lowest BCUT2D eigenvalue weighted by atomic mass is 10.3. The van der Waals surface area contributed by atoms with E-state index in [0.717, 1.165) is 4.57 Å². The second kappa shape index (κ2) is 4.54. The third-order valence-corrected chi connectivity index (χ3v) is 2.72. The number of β-amino-alcohol motifs (C(OH)–C–C–N with tert-alkyl or cyclic N) is 1. The minimum Gasteiger partial charge on any atom is -0.391 e. The van der Waals surface area contributed by atoms with E-state index in [1.54, 1.807) is 0 Å². The molecule has 1 saturated heterocycles. The van der Waals surface area contributed by atoms with Crippen LogP contribution in [0.2, 0.25) is 0 Å². The SMILES string of the molecule is O=C(Cn1ccc(=O)[nH]c1=O)N1CC[C@H](O)C1. The van der Waals surface area contributed by atoms with E-state index >= 15 is 0 Å². The average Bonchev–Trinajstić information content (AvgIpc) is 2.69. The highest BCUT2D eigenvalue weighted by Gasteiger charge is 2.24. The van der Waals surface area contributed by atoms with Crippen LogP contribution in [0.5, 0.6) is 0 Å². The summed E-state index contributed by atoms with van der Waals surface area (Å²) in [5, 5.41) is 9.30. The van der Waals surface area contributed by atoms with E-state index in [0.29, 0.717) is 19.5 Å². The Kier molecular flexibility index (Phi) is 3.10. The minimum atomic E-state index is -0.606. The lowest BCUT2D eigenvalue weighted by Crippen LogP contribution is -2.37. The van der Waals surface area contributed by atoms with Crippen LogP contribution < -0.4 is 11.2 Å². The first kappa shape index (κ1) is 11.6. The van der Waals surface area contributed by atoms with E-state index in [1.807, 2.05) is 0 Å². The number of aromatic amines is 1. The van der Waals surface area contributed by atoms with Crippen molar-refractivity contribution in [3.63, 3.8) is 0 Å². The Hall–Kier alpha value is -1.89. The normalized spacial score (nSPS) is 19.6. The lowest BCUT2D eigenvalue weighted by molar-refractivity contribution is -0.131. The van der Waals surface area contributed by atoms with Crippen molar-refractivity contribution in [2.24, 2.45) is 0 Å². The van der Waals surface area contributed by atoms with Gasteiger partial charge in [-0.15, -0.1) is 0 Å². The molecule has 1 aromatic heterocycles. The Labute approximate surface area is 96.3 Å². The van der Waals surface area contributed by atoms with Crippen molar-refractivity contribution >= 4 is 5.91 Å². The van der Waals surface area contributed by atoms with Gasteiger partial charge in [-0.2, -0.15) is 0 Å². The molecular formula is C10H13N3O4. The van der Waals surface area contributed by atoms with Gasteiger partial charge in [0.15, 0.2) is 0 Å². The number of aromatic nitrogens is 2. The summed E-state index contributed by atoms with van der Waals surface area (Å²) in [6, 6.07) is 1.19. The van der Waals surface area contributed by atoms with E-state index in [2.05, 4.69) is 4.98 Å². The predicted molar refractivity (Wildman–Crippen MR) is 58.5 cm³/mol. The molecule has 0 bridgehead atoms. The molecule has 1 amide bonds. The molecule has 2 heterocycles. The maximum absolute atomic E-state index is 11.8. The van der Waals surface area contributed by atoms with E-state index < -0.39 is 17.4 Å². The van der Waals surface area contributed by atoms with E-state index in [4.69, 9.17) is 0 Å². The molecule has 17 heavy (non-hydrogen) atoms. The van der Waals surface area contributed by atoms with E-state index in [1.165, 1.54) is 17.2 Å². The third kappa shape index (κ3) is 2.62. The summed E-state index contributed by atoms with van der Waals surface area (Å²) in [4.78, 5) is 37.5. The standard InChI is InChI=1S/C10H13N3O4/c14-7-1-3-12(5-7)9(16)6-13-4-2-8(15)11-10(13)17/h2,4,7,14H,1,3,5-6H2,(H,11,15,17)/t7-/m0/s1. The highest BCUT2D eigenvalue weighted by atomic mass is 16.3. The molecule has 7 nitrogen and oxygen atoms in total. The quantitative estimate of drug-likeness (QED) is 0.632. The van der Waals surface area contributed by atoms with Crippen LogP contribution in [0.3, 0.4) is 0 Å². The van der Waals surface area contributed by atoms with Gasteiger partial charge >= 0.3 is 5.69 Å². The maximum Gasteiger partial charge on any atom is 0.328 e. The molecule has 0 aromatic carbocycles. The minimum absolute atomic E-state index is 0.123. The number of carbonyl (C=O) groups excluding carboxylic acids is 1. The third-order valence-electron chi connectivity index (χ3n) is 2.72. The second-order valence-electron chi connectivity index (χ2n) is 4.02. The largest absolute Gasteiger partial charge is 0.391 e. The number of H-pyrrole nitrogens is 1. The Morgan fingerprint density at radius 2 is 2.29 bits per heavy atom. The van der Waals surface area contributed by atoms with Crippen molar-refractivity contribution in [1.82, 2.24) is 14.5 Å². The van der Waals surface area contributed by atoms with Crippen molar-refractivity contribution in [3.05, 3.63) is 33.1 Å². The molecule has 1 aromatic rings. The van der Waals surface area contributed by atoms with Gasteiger partial charge in [-0.05, 0) is 6.42 Å². The van der Waals surface area contributed by atoms with Crippen LogP contribution >= 0.6 is 0 Å². The van der Waals surface area contributed by atoms with Gasteiger partial charge in [-0.25, -0.2) is 4.79 Å². The first-order valence-corrected chi connectivity index (χ1v) is 5.32. The summed E-state index contributed by atoms with van der Waals surface area (Å²) in [6.45, 7) is 0.678. The molecule has 2 N–H and O–H groups in total.